The van der Waals surface area contributed by atoms with Crippen molar-refractivity contribution in [1.29, 1.82) is 0 Å². The van der Waals surface area contributed by atoms with E-state index in [0.717, 1.165) is 13.3 Å². The average Bonchev–Trinajstić information content (AvgIpc) is 2.29. The molecule has 1 aromatic carbocycles. The summed E-state index contributed by atoms with van der Waals surface area (Å²) < 4.78 is 0. The highest BCUT2D eigenvalue weighted by molar-refractivity contribution is 5.62. The van der Waals surface area contributed by atoms with Gasteiger partial charge in [-0.1, -0.05) is 42.3 Å². The smallest absolute Gasteiger partial charge is 0.300 e. The SMILES string of the molecule is C#CC#CC=CCc1ccccc1.CC(=O)O. The maximum Gasteiger partial charge on any atom is 0.300 e. The van der Waals surface area contributed by atoms with E-state index in [1.54, 1.807) is 6.08 Å². The molecule has 86 valence electrons. The van der Waals surface area contributed by atoms with E-state index >= 15 is 0 Å². The summed E-state index contributed by atoms with van der Waals surface area (Å²) in [5.41, 5.74) is 1.28. The zero-order valence-corrected chi connectivity index (χ0v) is 9.68. The molecule has 1 N–H and O–H groups in total. The fraction of sp³-hybridized carbons (Fsp3) is 0.133. The van der Waals surface area contributed by atoms with E-state index in [9.17, 15) is 0 Å². The van der Waals surface area contributed by atoms with Crippen LogP contribution in [-0.2, 0) is 11.2 Å². The second-order valence-corrected chi connectivity index (χ2v) is 3.02. The molecule has 0 saturated heterocycles. The molecule has 0 aromatic heterocycles. The number of terminal acetylenes is 1. The number of aliphatic carboxylic acids is 1. The van der Waals surface area contributed by atoms with Crippen LogP contribution in [-0.4, -0.2) is 11.1 Å². The molecule has 2 nitrogen and oxygen atoms in total. The van der Waals surface area contributed by atoms with Gasteiger partial charge >= 0.3 is 0 Å². The van der Waals surface area contributed by atoms with E-state index in [-0.39, 0.29) is 0 Å². The summed E-state index contributed by atoms with van der Waals surface area (Å²) in [6.45, 7) is 1.08. The van der Waals surface area contributed by atoms with E-state index in [2.05, 4.69) is 29.9 Å². The lowest BCUT2D eigenvalue weighted by atomic mass is 10.1. The molecule has 0 aliphatic rings. The fourth-order valence-corrected chi connectivity index (χ4v) is 0.951. The standard InChI is InChI=1S/C13H10.C2H4O2/c1-2-3-4-5-7-10-13-11-8-6-9-12-13;1-2(3)4/h1,5-9,11-12H,10H2;1H3,(H,3,4). The number of benzene rings is 1. The monoisotopic (exact) mass is 226 g/mol. The Bertz CT molecular complexity index is 449. The Morgan fingerprint density at radius 2 is 2.00 bits per heavy atom. The highest BCUT2D eigenvalue weighted by Gasteiger charge is 1.83. The zero-order valence-electron chi connectivity index (χ0n) is 9.68. The molecule has 0 aliphatic carbocycles. The molecule has 1 rings (SSSR count). The van der Waals surface area contributed by atoms with Crippen LogP contribution in [0.3, 0.4) is 0 Å². The van der Waals surface area contributed by atoms with E-state index in [1.807, 2.05) is 24.3 Å². The summed E-state index contributed by atoms with van der Waals surface area (Å²) >= 11 is 0. The van der Waals surface area contributed by atoms with Crippen molar-refractivity contribution in [2.75, 3.05) is 0 Å². The molecular weight excluding hydrogens is 212 g/mol. The summed E-state index contributed by atoms with van der Waals surface area (Å²) in [6, 6.07) is 10.2. The maximum absolute atomic E-state index is 9.00. The van der Waals surface area contributed by atoms with Gasteiger partial charge in [0.2, 0.25) is 0 Å². The van der Waals surface area contributed by atoms with Crippen molar-refractivity contribution in [1.82, 2.24) is 0 Å². The minimum Gasteiger partial charge on any atom is -0.481 e. The van der Waals surface area contributed by atoms with Crippen LogP contribution >= 0.6 is 0 Å². The molecule has 0 atom stereocenters. The number of rotatable bonds is 2. The van der Waals surface area contributed by atoms with Crippen LogP contribution in [0.5, 0.6) is 0 Å². The number of carbonyl (C=O) groups is 1. The van der Waals surface area contributed by atoms with Gasteiger partial charge in [-0.15, -0.1) is 6.42 Å². The fourth-order valence-electron chi connectivity index (χ4n) is 0.951. The lowest BCUT2D eigenvalue weighted by molar-refractivity contribution is -0.134. The minimum absolute atomic E-state index is 0.833. The van der Waals surface area contributed by atoms with Gasteiger partial charge in [-0.3, -0.25) is 4.79 Å². The average molecular weight is 226 g/mol. The van der Waals surface area contributed by atoms with Crippen LogP contribution in [0.2, 0.25) is 0 Å². The van der Waals surface area contributed by atoms with Gasteiger partial charge in [0, 0.05) is 6.92 Å². The topological polar surface area (TPSA) is 37.3 Å². The van der Waals surface area contributed by atoms with Gasteiger partial charge in [-0.05, 0) is 29.9 Å². The molecule has 0 radical (unpaired) electrons. The summed E-state index contributed by atoms with van der Waals surface area (Å²) in [5, 5.41) is 7.42. The second-order valence-electron chi connectivity index (χ2n) is 3.02. The van der Waals surface area contributed by atoms with E-state index in [4.69, 9.17) is 16.3 Å². The van der Waals surface area contributed by atoms with Crippen LogP contribution in [0.4, 0.5) is 0 Å². The molecule has 0 amide bonds. The third kappa shape index (κ3) is 11.5. The predicted molar refractivity (Wildman–Crippen MR) is 69.2 cm³/mol. The highest BCUT2D eigenvalue weighted by atomic mass is 16.4. The predicted octanol–water partition coefficient (Wildman–Crippen LogP) is 2.51. The Kier molecular flexibility index (Phi) is 8.63. The summed E-state index contributed by atoms with van der Waals surface area (Å²) in [7, 11) is 0. The third-order valence-corrected chi connectivity index (χ3v) is 1.54. The Morgan fingerprint density at radius 1 is 1.41 bits per heavy atom. The summed E-state index contributed by atoms with van der Waals surface area (Å²) in [4.78, 5) is 9.00. The van der Waals surface area contributed by atoms with Crippen molar-refractivity contribution >= 4 is 5.97 Å². The van der Waals surface area contributed by atoms with Gasteiger partial charge in [0.25, 0.3) is 5.97 Å². The zero-order chi connectivity index (χ0) is 12.9. The van der Waals surface area contributed by atoms with Gasteiger partial charge in [-0.2, -0.15) is 0 Å². The number of hydrogen-bond donors (Lipinski definition) is 1. The summed E-state index contributed by atoms with van der Waals surface area (Å²) in [5.74, 6) is 6.68. The molecule has 0 spiro atoms. The first-order valence-corrected chi connectivity index (χ1v) is 5.01. The number of allylic oxidation sites excluding steroid dienone is 2. The minimum atomic E-state index is -0.833. The Labute approximate surface area is 102 Å². The van der Waals surface area contributed by atoms with Gasteiger partial charge in [0.1, 0.15) is 0 Å². The van der Waals surface area contributed by atoms with Crippen LogP contribution in [0.1, 0.15) is 12.5 Å². The summed E-state index contributed by atoms with van der Waals surface area (Å²) in [6.07, 6.45) is 9.65. The normalized spacial score (nSPS) is 8.24. The Hall–Kier alpha value is -2.45. The molecule has 0 heterocycles. The van der Waals surface area contributed by atoms with E-state index < -0.39 is 5.97 Å². The third-order valence-electron chi connectivity index (χ3n) is 1.54. The first-order valence-electron chi connectivity index (χ1n) is 5.01. The van der Waals surface area contributed by atoms with Crippen LogP contribution in [0, 0.1) is 24.2 Å². The quantitative estimate of drug-likeness (QED) is 0.787. The van der Waals surface area contributed by atoms with Crippen molar-refractivity contribution < 1.29 is 9.90 Å². The van der Waals surface area contributed by atoms with Crippen molar-refractivity contribution in [2.24, 2.45) is 0 Å². The lowest BCUT2D eigenvalue weighted by Crippen LogP contribution is -1.78. The molecule has 0 unspecified atom stereocenters. The molecule has 17 heavy (non-hydrogen) atoms. The van der Waals surface area contributed by atoms with Crippen molar-refractivity contribution in [2.45, 2.75) is 13.3 Å². The molecule has 0 bridgehead atoms. The van der Waals surface area contributed by atoms with Crippen molar-refractivity contribution in [3.63, 3.8) is 0 Å². The molecule has 1 aromatic rings. The van der Waals surface area contributed by atoms with Crippen molar-refractivity contribution in [3.05, 3.63) is 48.0 Å². The van der Waals surface area contributed by atoms with Gasteiger partial charge in [0.05, 0.1) is 0 Å². The largest absolute Gasteiger partial charge is 0.481 e. The highest BCUT2D eigenvalue weighted by Crippen LogP contribution is 1.99. The molecule has 0 aliphatic heterocycles. The molecular formula is C15H14O2. The number of carboxylic acid groups (broad SMARTS) is 1. The van der Waals surface area contributed by atoms with E-state index in [0.29, 0.717) is 0 Å². The maximum atomic E-state index is 9.00. The van der Waals surface area contributed by atoms with Crippen LogP contribution in [0.15, 0.2) is 42.5 Å². The first kappa shape index (κ1) is 14.6. The number of carboxylic acids is 1. The van der Waals surface area contributed by atoms with Gasteiger partial charge in [0.15, 0.2) is 0 Å². The molecule has 0 fully saturated rings. The van der Waals surface area contributed by atoms with Crippen molar-refractivity contribution in [3.8, 4) is 24.2 Å². The lowest BCUT2D eigenvalue weighted by Gasteiger charge is -1.91. The molecule has 2 heteroatoms. The Balaban J connectivity index is 0.000000557. The second kappa shape index (κ2) is 10.1. The first-order chi connectivity index (χ1) is 8.16. The van der Waals surface area contributed by atoms with Crippen LogP contribution < -0.4 is 0 Å². The van der Waals surface area contributed by atoms with Gasteiger partial charge in [-0.25, -0.2) is 0 Å². The molecule has 0 saturated carbocycles. The Morgan fingerprint density at radius 3 is 2.53 bits per heavy atom. The number of hydrogen-bond acceptors (Lipinski definition) is 1. The van der Waals surface area contributed by atoms with Crippen LogP contribution in [0.25, 0.3) is 0 Å². The van der Waals surface area contributed by atoms with Gasteiger partial charge < -0.3 is 5.11 Å². The van der Waals surface area contributed by atoms with E-state index in [1.165, 1.54) is 5.56 Å².